The molecule has 0 spiro atoms. The van der Waals surface area contributed by atoms with Gasteiger partial charge in [0.05, 0.1) is 6.54 Å². The van der Waals surface area contributed by atoms with Crippen molar-refractivity contribution in [1.29, 1.82) is 0 Å². The van der Waals surface area contributed by atoms with Gasteiger partial charge in [-0.15, -0.1) is 0 Å². The molecule has 2 aromatic carbocycles. The molecule has 0 fully saturated rings. The Balaban J connectivity index is 1.93. The Labute approximate surface area is 174 Å². The van der Waals surface area contributed by atoms with Crippen LogP contribution in [0.4, 0.5) is 5.69 Å². The third-order valence-electron chi connectivity index (χ3n) is 4.96. The SMILES string of the molecule is CCN(CC)C(=O)c1cccc(NC(=O)CN(C)Cc2ccc(C(C)C)cc2)c1. The summed E-state index contributed by atoms with van der Waals surface area (Å²) in [6.45, 7) is 10.6. The van der Waals surface area contributed by atoms with Crippen molar-refractivity contribution < 1.29 is 9.59 Å². The molecular formula is C24H33N3O2. The Bertz CT molecular complexity index is 811. The van der Waals surface area contributed by atoms with E-state index >= 15 is 0 Å². The van der Waals surface area contributed by atoms with Gasteiger partial charge in [0.25, 0.3) is 5.91 Å². The van der Waals surface area contributed by atoms with Gasteiger partial charge in [-0.3, -0.25) is 14.5 Å². The molecule has 2 amide bonds. The molecule has 0 aliphatic carbocycles. The molecule has 2 rings (SSSR count). The molecule has 156 valence electrons. The van der Waals surface area contributed by atoms with Gasteiger partial charge in [-0.2, -0.15) is 0 Å². The molecule has 5 nitrogen and oxygen atoms in total. The average molecular weight is 396 g/mol. The molecule has 29 heavy (non-hydrogen) atoms. The zero-order valence-corrected chi connectivity index (χ0v) is 18.2. The molecule has 0 unspecified atom stereocenters. The summed E-state index contributed by atoms with van der Waals surface area (Å²) in [6, 6.07) is 15.6. The average Bonchev–Trinajstić information content (AvgIpc) is 2.69. The number of rotatable bonds is 9. The van der Waals surface area contributed by atoms with E-state index in [0.717, 1.165) is 0 Å². The van der Waals surface area contributed by atoms with E-state index in [1.807, 2.05) is 31.9 Å². The Morgan fingerprint density at radius 1 is 1.00 bits per heavy atom. The minimum Gasteiger partial charge on any atom is -0.339 e. The fourth-order valence-corrected chi connectivity index (χ4v) is 3.24. The normalized spacial score (nSPS) is 11.0. The maximum absolute atomic E-state index is 12.5. The van der Waals surface area contributed by atoms with Gasteiger partial charge < -0.3 is 10.2 Å². The molecule has 0 saturated heterocycles. The van der Waals surface area contributed by atoms with Crippen molar-refractivity contribution in [3.8, 4) is 0 Å². The van der Waals surface area contributed by atoms with Gasteiger partial charge in [0.2, 0.25) is 5.91 Å². The zero-order chi connectivity index (χ0) is 21.4. The summed E-state index contributed by atoms with van der Waals surface area (Å²) in [7, 11) is 1.93. The predicted molar refractivity (Wildman–Crippen MR) is 119 cm³/mol. The van der Waals surface area contributed by atoms with E-state index in [9.17, 15) is 9.59 Å². The molecule has 1 N–H and O–H groups in total. The topological polar surface area (TPSA) is 52.7 Å². The highest BCUT2D eigenvalue weighted by molar-refractivity contribution is 5.97. The van der Waals surface area contributed by atoms with Gasteiger partial charge in [0.15, 0.2) is 0 Å². The van der Waals surface area contributed by atoms with E-state index in [1.54, 1.807) is 23.1 Å². The van der Waals surface area contributed by atoms with Crippen molar-refractivity contribution in [1.82, 2.24) is 9.80 Å². The van der Waals surface area contributed by atoms with Crippen molar-refractivity contribution in [2.45, 2.75) is 40.2 Å². The van der Waals surface area contributed by atoms with Crippen LogP contribution in [0, 0.1) is 0 Å². The maximum atomic E-state index is 12.5. The lowest BCUT2D eigenvalue weighted by molar-refractivity contribution is -0.117. The first-order valence-electron chi connectivity index (χ1n) is 10.3. The lowest BCUT2D eigenvalue weighted by Crippen LogP contribution is -2.31. The van der Waals surface area contributed by atoms with E-state index in [-0.39, 0.29) is 18.4 Å². The highest BCUT2D eigenvalue weighted by atomic mass is 16.2. The van der Waals surface area contributed by atoms with Gasteiger partial charge in [-0.25, -0.2) is 0 Å². The van der Waals surface area contributed by atoms with E-state index in [4.69, 9.17) is 0 Å². The van der Waals surface area contributed by atoms with Crippen molar-refractivity contribution in [2.75, 3.05) is 32.0 Å². The lowest BCUT2D eigenvalue weighted by atomic mass is 10.0. The second kappa shape index (κ2) is 10.8. The first-order chi connectivity index (χ1) is 13.8. The highest BCUT2D eigenvalue weighted by Crippen LogP contribution is 2.16. The van der Waals surface area contributed by atoms with Gasteiger partial charge in [0, 0.05) is 30.9 Å². The van der Waals surface area contributed by atoms with Crippen LogP contribution in [0.3, 0.4) is 0 Å². The second-order valence-electron chi connectivity index (χ2n) is 7.67. The van der Waals surface area contributed by atoms with E-state index in [0.29, 0.717) is 36.8 Å². The molecule has 0 saturated carbocycles. The van der Waals surface area contributed by atoms with Gasteiger partial charge in [-0.05, 0) is 56.1 Å². The molecular weight excluding hydrogens is 362 g/mol. The van der Waals surface area contributed by atoms with Crippen LogP contribution in [0.1, 0.15) is 55.1 Å². The van der Waals surface area contributed by atoms with Crippen molar-refractivity contribution in [3.05, 3.63) is 65.2 Å². The van der Waals surface area contributed by atoms with Crippen LogP contribution in [-0.2, 0) is 11.3 Å². The number of carbonyl (C=O) groups is 2. The molecule has 2 aromatic rings. The van der Waals surface area contributed by atoms with Crippen LogP contribution >= 0.6 is 0 Å². The fourth-order valence-electron chi connectivity index (χ4n) is 3.24. The Kier molecular flexibility index (Phi) is 8.40. The van der Waals surface area contributed by atoms with Gasteiger partial charge >= 0.3 is 0 Å². The van der Waals surface area contributed by atoms with Crippen LogP contribution < -0.4 is 5.32 Å². The molecule has 0 aliphatic rings. The summed E-state index contributed by atoms with van der Waals surface area (Å²) in [5, 5.41) is 2.90. The maximum Gasteiger partial charge on any atom is 0.253 e. The number of carbonyl (C=O) groups excluding carboxylic acids is 2. The molecule has 0 atom stereocenters. The third-order valence-corrected chi connectivity index (χ3v) is 4.96. The molecule has 0 aliphatic heterocycles. The number of amides is 2. The monoisotopic (exact) mass is 395 g/mol. The van der Waals surface area contributed by atoms with Crippen LogP contribution in [-0.4, -0.2) is 48.3 Å². The zero-order valence-electron chi connectivity index (χ0n) is 18.2. The molecule has 0 heterocycles. The summed E-state index contributed by atoms with van der Waals surface area (Å²) in [5.74, 6) is 0.392. The summed E-state index contributed by atoms with van der Waals surface area (Å²) in [4.78, 5) is 28.7. The Morgan fingerprint density at radius 2 is 1.66 bits per heavy atom. The number of anilines is 1. The van der Waals surface area contributed by atoms with E-state index < -0.39 is 0 Å². The van der Waals surface area contributed by atoms with Crippen molar-refractivity contribution in [2.24, 2.45) is 0 Å². The summed E-state index contributed by atoms with van der Waals surface area (Å²) in [6.07, 6.45) is 0. The van der Waals surface area contributed by atoms with Crippen molar-refractivity contribution >= 4 is 17.5 Å². The smallest absolute Gasteiger partial charge is 0.253 e. The van der Waals surface area contributed by atoms with Crippen LogP contribution in [0.15, 0.2) is 48.5 Å². The molecule has 0 radical (unpaired) electrons. The number of hydrogen-bond donors (Lipinski definition) is 1. The minimum atomic E-state index is -0.0984. The first kappa shape index (κ1) is 22.6. The van der Waals surface area contributed by atoms with Gasteiger partial charge in [-0.1, -0.05) is 44.2 Å². The number of nitrogens with zero attached hydrogens (tertiary/aromatic N) is 2. The van der Waals surface area contributed by atoms with E-state index in [1.165, 1.54) is 11.1 Å². The minimum absolute atomic E-state index is 0.0203. The number of likely N-dealkylation sites (N-methyl/N-ethyl adjacent to an activating group) is 1. The Morgan fingerprint density at radius 3 is 2.24 bits per heavy atom. The van der Waals surface area contributed by atoms with Crippen LogP contribution in [0.25, 0.3) is 0 Å². The van der Waals surface area contributed by atoms with Crippen LogP contribution in [0.2, 0.25) is 0 Å². The lowest BCUT2D eigenvalue weighted by Gasteiger charge is -2.19. The number of nitrogens with one attached hydrogen (secondary N) is 1. The van der Waals surface area contributed by atoms with Crippen molar-refractivity contribution in [3.63, 3.8) is 0 Å². The largest absolute Gasteiger partial charge is 0.339 e. The summed E-state index contributed by atoms with van der Waals surface area (Å²) >= 11 is 0. The first-order valence-corrected chi connectivity index (χ1v) is 10.3. The molecule has 5 heteroatoms. The summed E-state index contributed by atoms with van der Waals surface area (Å²) < 4.78 is 0. The predicted octanol–water partition coefficient (Wildman–Crippen LogP) is 4.36. The van der Waals surface area contributed by atoms with E-state index in [2.05, 4.69) is 43.4 Å². The molecule has 0 bridgehead atoms. The Hall–Kier alpha value is -2.66. The van der Waals surface area contributed by atoms with Gasteiger partial charge in [0.1, 0.15) is 0 Å². The van der Waals surface area contributed by atoms with Crippen LogP contribution in [0.5, 0.6) is 0 Å². The third kappa shape index (κ3) is 6.71. The number of benzene rings is 2. The molecule has 0 aromatic heterocycles. The fraction of sp³-hybridized carbons (Fsp3) is 0.417. The standard InChI is InChI=1S/C24H33N3O2/c1-6-27(7-2)24(29)21-9-8-10-22(15-21)25-23(28)17-26(5)16-19-11-13-20(14-12-19)18(3)4/h8-15,18H,6-7,16-17H2,1-5H3,(H,25,28). The summed E-state index contributed by atoms with van der Waals surface area (Å²) in [5.41, 5.74) is 3.72. The quantitative estimate of drug-likeness (QED) is 0.686. The number of hydrogen-bond acceptors (Lipinski definition) is 3. The highest BCUT2D eigenvalue weighted by Gasteiger charge is 2.14. The second-order valence-corrected chi connectivity index (χ2v) is 7.67.